The van der Waals surface area contributed by atoms with E-state index in [0.717, 1.165) is 11.3 Å². The van der Waals surface area contributed by atoms with Crippen molar-refractivity contribution < 1.29 is 14.0 Å². The maximum absolute atomic E-state index is 13.0. The number of nitrogens with one attached hydrogen (secondary N) is 1. The Labute approximate surface area is 146 Å². The van der Waals surface area contributed by atoms with E-state index >= 15 is 0 Å². The molecule has 0 aliphatic carbocycles. The molecule has 0 aliphatic heterocycles. The van der Waals surface area contributed by atoms with Crippen LogP contribution in [-0.4, -0.2) is 27.7 Å². The molecule has 2 aromatic rings. The fraction of sp³-hybridized carbons (Fsp3) is 0.316. The van der Waals surface area contributed by atoms with Crippen LogP contribution in [0.4, 0.5) is 4.39 Å². The Hall–Kier alpha value is -2.76. The highest BCUT2D eigenvalue weighted by molar-refractivity contribution is 5.87. The van der Waals surface area contributed by atoms with Crippen molar-refractivity contribution in [1.29, 1.82) is 0 Å². The van der Waals surface area contributed by atoms with E-state index in [2.05, 4.69) is 10.3 Å². The molecule has 0 fully saturated rings. The summed E-state index contributed by atoms with van der Waals surface area (Å²) >= 11 is 0. The van der Waals surface area contributed by atoms with E-state index in [0.29, 0.717) is 13.0 Å². The number of benzene rings is 1. The van der Waals surface area contributed by atoms with Crippen molar-refractivity contribution in [3.05, 3.63) is 65.7 Å². The first-order valence-electron chi connectivity index (χ1n) is 8.22. The summed E-state index contributed by atoms with van der Waals surface area (Å²) in [6.45, 7) is 3.99. The predicted molar refractivity (Wildman–Crippen MR) is 92.8 cm³/mol. The molecule has 1 heterocycles. The van der Waals surface area contributed by atoms with Crippen molar-refractivity contribution in [1.82, 2.24) is 15.2 Å². The molecule has 1 N–H and O–H groups in total. The summed E-state index contributed by atoms with van der Waals surface area (Å²) in [5.41, 5.74) is 1.52. The summed E-state index contributed by atoms with van der Waals surface area (Å²) in [6.07, 6.45) is 1.95. The first kappa shape index (κ1) is 18.6. The fourth-order valence-corrected chi connectivity index (χ4v) is 2.40. The zero-order valence-corrected chi connectivity index (χ0v) is 14.4. The van der Waals surface area contributed by atoms with Crippen molar-refractivity contribution >= 4 is 11.8 Å². The average Bonchev–Trinajstić information content (AvgIpc) is 2.65. The van der Waals surface area contributed by atoms with Gasteiger partial charge in [0.2, 0.25) is 11.8 Å². The second-order valence-electron chi connectivity index (χ2n) is 5.72. The molecule has 5 nitrogen and oxygen atoms in total. The Bertz CT molecular complexity index is 704. The van der Waals surface area contributed by atoms with Crippen LogP contribution in [-0.2, 0) is 22.7 Å². The number of hydrogen-bond donors (Lipinski definition) is 1. The molecule has 0 bridgehead atoms. The molecule has 1 atom stereocenters. The molecule has 0 radical (unpaired) electrons. The summed E-state index contributed by atoms with van der Waals surface area (Å²) in [5, 5.41) is 2.80. The van der Waals surface area contributed by atoms with E-state index in [-0.39, 0.29) is 24.2 Å². The largest absolute Gasteiger partial charge is 0.349 e. The predicted octanol–water partition coefficient (Wildman–Crippen LogP) is 2.66. The van der Waals surface area contributed by atoms with Gasteiger partial charge in [-0.15, -0.1) is 0 Å². The highest BCUT2D eigenvalue weighted by atomic mass is 19.1. The van der Waals surface area contributed by atoms with Crippen LogP contribution in [0.2, 0.25) is 0 Å². The van der Waals surface area contributed by atoms with Crippen molar-refractivity contribution in [2.24, 2.45) is 0 Å². The molecule has 25 heavy (non-hydrogen) atoms. The van der Waals surface area contributed by atoms with Gasteiger partial charge < -0.3 is 10.2 Å². The van der Waals surface area contributed by atoms with Gasteiger partial charge in [-0.25, -0.2) is 4.39 Å². The Morgan fingerprint density at radius 1 is 1.20 bits per heavy atom. The number of carbonyl (C=O) groups is 2. The molecule has 0 aliphatic rings. The topological polar surface area (TPSA) is 62.3 Å². The van der Waals surface area contributed by atoms with E-state index in [1.54, 1.807) is 38.2 Å². The molecular weight excluding hydrogens is 321 g/mol. The minimum atomic E-state index is -0.638. The third-order valence-corrected chi connectivity index (χ3v) is 3.91. The molecule has 132 valence electrons. The number of nitrogens with zero attached hydrogens (tertiary/aromatic N) is 2. The van der Waals surface area contributed by atoms with Gasteiger partial charge in [-0.2, -0.15) is 0 Å². The summed E-state index contributed by atoms with van der Waals surface area (Å²) in [6, 6.07) is 10.7. The number of rotatable bonds is 7. The smallest absolute Gasteiger partial charge is 0.242 e. The first-order chi connectivity index (χ1) is 12.0. The molecule has 0 saturated carbocycles. The number of halogens is 1. The lowest BCUT2D eigenvalue weighted by Crippen LogP contribution is -2.47. The van der Waals surface area contributed by atoms with Crippen LogP contribution in [0, 0.1) is 5.82 Å². The van der Waals surface area contributed by atoms with Crippen LogP contribution in [0.3, 0.4) is 0 Å². The lowest BCUT2D eigenvalue weighted by molar-refractivity contribution is -0.140. The molecule has 0 saturated heterocycles. The minimum Gasteiger partial charge on any atom is -0.349 e. The average molecular weight is 343 g/mol. The third-order valence-electron chi connectivity index (χ3n) is 3.91. The highest BCUT2D eigenvalue weighted by Crippen LogP contribution is 2.12. The fourth-order valence-electron chi connectivity index (χ4n) is 2.40. The molecule has 0 spiro atoms. The van der Waals surface area contributed by atoms with Gasteiger partial charge in [0.15, 0.2) is 0 Å². The summed E-state index contributed by atoms with van der Waals surface area (Å²) in [7, 11) is 0. The maximum atomic E-state index is 13.0. The molecule has 6 heteroatoms. The maximum Gasteiger partial charge on any atom is 0.242 e. The van der Waals surface area contributed by atoms with Gasteiger partial charge in [-0.3, -0.25) is 14.6 Å². The highest BCUT2D eigenvalue weighted by Gasteiger charge is 2.25. The number of pyridine rings is 1. The number of amides is 2. The van der Waals surface area contributed by atoms with Gasteiger partial charge in [0.25, 0.3) is 0 Å². The standard InChI is InChI=1S/C19H22FN3O2/c1-3-18(24)23(13-15-7-9-16(20)10-8-15)14(2)19(25)22-12-17-6-4-5-11-21-17/h4-11,14H,3,12-13H2,1-2H3,(H,22,25)/t14-/m0/s1. The zero-order chi connectivity index (χ0) is 18.2. The van der Waals surface area contributed by atoms with Crippen molar-refractivity contribution in [2.45, 2.75) is 39.4 Å². The van der Waals surface area contributed by atoms with Crippen LogP contribution in [0.25, 0.3) is 0 Å². The van der Waals surface area contributed by atoms with E-state index < -0.39 is 6.04 Å². The third kappa shape index (κ3) is 5.38. The van der Waals surface area contributed by atoms with Gasteiger partial charge in [0, 0.05) is 19.2 Å². The van der Waals surface area contributed by atoms with Crippen LogP contribution in [0.15, 0.2) is 48.7 Å². The zero-order valence-electron chi connectivity index (χ0n) is 14.4. The van der Waals surface area contributed by atoms with Crippen molar-refractivity contribution in [3.8, 4) is 0 Å². The summed E-state index contributed by atoms with van der Waals surface area (Å²) in [5.74, 6) is -0.724. The van der Waals surface area contributed by atoms with E-state index in [4.69, 9.17) is 0 Å². The van der Waals surface area contributed by atoms with Gasteiger partial charge in [0.05, 0.1) is 12.2 Å². The van der Waals surface area contributed by atoms with Gasteiger partial charge in [-0.1, -0.05) is 25.1 Å². The first-order valence-corrected chi connectivity index (χ1v) is 8.22. The Kier molecular flexibility index (Phi) is 6.62. The van der Waals surface area contributed by atoms with Gasteiger partial charge >= 0.3 is 0 Å². The Morgan fingerprint density at radius 3 is 2.52 bits per heavy atom. The molecule has 2 rings (SSSR count). The quantitative estimate of drug-likeness (QED) is 0.841. The van der Waals surface area contributed by atoms with Gasteiger partial charge in [0.1, 0.15) is 11.9 Å². The van der Waals surface area contributed by atoms with Gasteiger partial charge in [-0.05, 0) is 36.8 Å². The SMILES string of the molecule is CCC(=O)N(Cc1ccc(F)cc1)[C@@H](C)C(=O)NCc1ccccn1. The van der Waals surface area contributed by atoms with E-state index in [1.165, 1.54) is 17.0 Å². The second kappa shape index (κ2) is 8.92. The lowest BCUT2D eigenvalue weighted by Gasteiger charge is -2.28. The van der Waals surface area contributed by atoms with Crippen molar-refractivity contribution in [3.63, 3.8) is 0 Å². The molecule has 0 unspecified atom stereocenters. The van der Waals surface area contributed by atoms with Crippen molar-refractivity contribution in [2.75, 3.05) is 0 Å². The van der Waals surface area contributed by atoms with Crippen LogP contribution >= 0.6 is 0 Å². The Morgan fingerprint density at radius 2 is 1.92 bits per heavy atom. The normalized spacial score (nSPS) is 11.6. The minimum absolute atomic E-state index is 0.134. The molecule has 1 aromatic heterocycles. The number of hydrogen-bond acceptors (Lipinski definition) is 3. The summed E-state index contributed by atoms with van der Waals surface area (Å²) < 4.78 is 13.0. The monoisotopic (exact) mass is 343 g/mol. The molecule has 2 amide bonds. The number of aromatic nitrogens is 1. The summed E-state index contributed by atoms with van der Waals surface area (Å²) in [4.78, 5) is 30.3. The van der Waals surface area contributed by atoms with Crippen LogP contribution < -0.4 is 5.32 Å². The van der Waals surface area contributed by atoms with Crippen LogP contribution in [0.5, 0.6) is 0 Å². The second-order valence-corrected chi connectivity index (χ2v) is 5.72. The number of carbonyl (C=O) groups excluding carboxylic acids is 2. The van der Waals surface area contributed by atoms with E-state index in [1.807, 2.05) is 12.1 Å². The molecule has 1 aromatic carbocycles. The lowest BCUT2D eigenvalue weighted by atomic mass is 10.1. The molecular formula is C19H22FN3O2. The van der Waals surface area contributed by atoms with E-state index in [9.17, 15) is 14.0 Å². The Balaban J connectivity index is 2.03. The van der Waals surface area contributed by atoms with Crippen LogP contribution in [0.1, 0.15) is 31.5 Å².